The quantitative estimate of drug-likeness (QED) is 0.893. The van der Waals surface area contributed by atoms with Gasteiger partial charge in [0.2, 0.25) is 0 Å². The van der Waals surface area contributed by atoms with Crippen LogP contribution in [0.15, 0.2) is 6.07 Å². The second kappa shape index (κ2) is 6.36. The molecule has 0 saturated carbocycles. The number of carboxylic acid groups (broad SMARTS) is 1. The fourth-order valence-corrected chi connectivity index (χ4v) is 4.39. The van der Waals surface area contributed by atoms with Crippen LogP contribution in [0.1, 0.15) is 54.5 Å². The van der Waals surface area contributed by atoms with Crippen molar-refractivity contribution < 1.29 is 14.7 Å². The standard InChI is InChI=1S/C16H24N2O3S/c1-10(2)18-11(3)9-13(12(18)4)14(19)17-16(15(20)21)5-7-22-8-6-16/h9-10H,5-8H2,1-4H3,(H,17,19)(H,20,21). The van der Waals surface area contributed by atoms with Crippen LogP contribution in [0, 0.1) is 13.8 Å². The van der Waals surface area contributed by atoms with Crippen LogP contribution in [0.25, 0.3) is 0 Å². The lowest BCUT2D eigenvalue weighted by molar-refractivity contribution is -0.144. The van der Waals surface area contributed by atoms with Crippen LogP contribution in [0.3, 0.4) is 0 Å². The number of amides is 1. The molecule has 1 amide bonds. The van der Waals surface area contributed by atoms with Crippen molar-refractivity contribution in [3.63, 3.8) is 0 Å². The zero-order chi connectivity index (χ0) is 16.5. The van der Waals surface area contributed by atoms with Crippen LogP contribution in [-0.4, -0.2) is 38.6 Å². The Labute approximate surface area is 135 Å². The summed E-state index contributed by atoms with van der Waals surface area (Å²) in [7, 11) is 0. The molecule has 0 spiro atoms. The van der Waals surface area contributed by atoms with E-state index in [9.17, 15) is 14.7 Å². The SMILES string of the molecule is Cc1cc(C(=O)NC2(C(=O)O)CCSCC2)c(C)n1C(C)C. The molecule has 1 saturated heterocycles. The number of nitrogens with one attached hydrogen (secondary N) is 1. The predicted octanol–water partition coefficient (Wildman–Crippen LogP) is 2.77. The fourth-order valence-electron chi connectivity index (χ4n) is 3.20. The summed E-state index contributed by atoms with van der Waals surface area (Å²) in [5, 5.41) is 12.4. The van der Waals surface area contributed by atoms with Gasteiger partial charge in [-0.15, -0.1) is 0 Å². The molecule has 1 fully saturated rings. The first-order chi connectivity index (χ1) is 10.3. The zero-order valence-corrected chi connectivity index (χ0v) is 14.4. The van der Waals surface area contributed by atoms with E-state index in [4.69, 9.17) is 0 Å². The van der Waals surface area contributed by atoms with E-state index in [1.165, 1.54) is 0 Å². The Bertz CT molecular complexity index is 586. The molecule has 122 valence electrons. The molecule has 0 aliphatic carbocycles. The number of hydrogen-bond acceptors (Lipinski definition) is 3. The lowest BCUT2D eigenvalue weighted by Gasteiger charge is -2.33. The Balaban J connectivity index is 2.28. The number of aliphatic carboxylic acids is 1. The highest BCUT2D eigenvalue weighted by Gasteiger charge is 2.41. The summed E-state index contributed by atoms with van der Waals surface area (Å²) in [6, 6.07) is 2.11. The van der Waals surface area contributed by atoms with Crippen molar-refractivity contribution in [2.75, 3.05) is 11.5 Å². The van der Waals surface area contributed by atoms with Crippen LogP contribution in [0.2, 0.25) is 0 Å². The number of rotatable bonds is 4. The number of aromatic nitrogens is 1. The van der Waals surface area contributed by atoms with Gasteiger partial charge in [0.05, 0.1) is 5.56 Å². The number of hydrogen-bond donors (Lipinski definition) is 2. The molecule has 2 rings (SSSR count). The van der Waals surface area contributed by atoms with Gasteiger partial charge in [-0.3, -0.25) is 4.79 Å². The van der Waals surface area contributed by atoms with Crippen molar-refractivity contribution >= 4 is 23.6 Å². The molecular weight excluding hydrogens is 300 g/mol. The van der Waals surface area contributed by atoms with Crippen molar-refractivity contribution in [1.29, 1.82) is 0 Å². The van der Waals surface area contributed by atoms with Gasteiger partial charge in [0.25, 0.3) is 5.91 Å². The van der Waals surface area contributed by atoms with E-state index in [0.29, 0.717) is 18.4 Å². The van der Waals surface area contributed by atoms with E-state index in [2.05, 4.69) is 23.7 Å². The number of aryl methyl sites for hydroxylation is 1. The van der Waals surface area contributed by atoms with E-state index < -0.39 is 11.5 Å². The molecule has 1 aromatic heterocycles. The maximum atomic E-state index is 12.6. The molecule has 1 aliphatic heterocycles. The van der Waals surface area contributed by atoms with Gasteiger partial charge >= 0.3 is 5.97 Å². The molecular formula is C16H24N2O3S. The largest absolute Gasteiger partial charge is 0.480 e. The third-order valence-corrected chi connectivity index (χ3v) is 5.34. The summed E-state index contributed by atoms with van der Waals surface area (Å²) in [6.07, 6.45) is 0.948. The zero-order valence-electron chi connectivity index (χ0n) is 13.6. The first-order valence-electron chi connectivity index (χ1n) is 7.60. The first kappa shape index (κ1) is 16.9. The molecule has 6 heteroatoms. The number of carbonyl (C=O) groups is 2. The van der Waals surface area contributed by atoms with Crippen LogP contribution >= 0.6 is 11.8 Å². The summed E-state index contributed by atoms with van der Waals surface area (Å²) in [5.41, 5.74) is 1.35. The molecule has 0 bridgehead atoms. The van der Waals surface area contributed by atoms with Gasteiger partial charge in [-0.25, -0.2) is 4.79 Å². The first-order valence-corrected chi connectivity index (χ1v) is 8.76. The van der Waals surface area contributed by atoms with E-state index in [0.717, 1.165) is 22.9 Å². The van der Waals surface area contributed by atoms with Gasteiger partial charge in [0, 0.05) is 17.4 Å². The smallest absolute Gasteiger partial charge is 0.329 e. The van der Waals surface area contributed by atoms with Crippen LogP contribution in [0.4, 0.5) is 0 Å². The second-order valence-electron chi connectivity index (χ2n) is 6.20. The Morgan fingerprint density at radius 3 is 2.36 bits per heavy atom. The minimum atomic E-state index is -1.12. The summed E-state index contributed by atoms with van der Waals surface area (Å²) in [5.74, 6) is 0.308. The Hall–Kier alpha value is -1.43. The summed E-state index contributed by atoms with van der Waals surface area (Å²) in [6.45, 7) is 8.01. The molecule has 1 aliphatic rings. The maximum absolute atomic E-state index is 12.6. The number of carboxylic acids is 1. The lowest BCUT2D eigenvalue weighted by Crippen LogP contribution is -2.56. The van der Waals surface area contributed by atoms with Gasteiger partial charge in [0.1, 0.15) is 5.54 Å². The highest BCUT2D eigenvalue weighted by Crippen LogP contribution is 2.28. The molecule has 0 aromatic carbocycles. The average molecular weight is 324 g/mol. The minimum absolute atomic E-state index is 0.265. The van der Waals surface area contributed by atoms with Crippen LogP contribution < -0.4 is 5.32 Å². The third-order valence-electron chi connectivity index (χ3n) is 4.35. The van der Waals surface area contributed by atoms with Crippen molar-refractivity contribution in [2.24, 2.45) is 0 Å². The Morgan fingerprint density at radius 1 is 1.32 bits per heavy atom. The van der Waals surface area contributed by atoms with E-state index >= 15 is 0 Å². The molecule has 1 aromatic rings. The third kappa shape index (κ3) is 3.02. The minimum Gasteiger partial charge on any atom is -0.480 e. The maximum Gasteiger partial charge on any atom is 0.329 e. The van der Waals surface area contributed by atoms with Gasteiger partial charge in [0.15, 0.2) is 0 Å². The summed E-state index contributed by atoms with van der Waals surface area (Å²) < 4.78 is 2.10. The van der Waals surface area contributed by atoms with Gasteiger partial charge in [-0.05, 0) is 58.1 Å². The van der Waals surface area contributed by atoms with Crippen molar-refractivity contribution in [3.05, 3.63) is 23.0 Å². The van der Waals surface area contributed by atoms with Crippen LogP contribution in [-0.2, 0) is 4.79 Å². The molecule has 22 heavy (non-hydrogen) atoms. The molecule has 2 N–H and O–H groups in total. The van der Waals surface area contributed by atoms with Gasteiger partial charge in [-0.2, -0.15) is 11.8 Å². The van der Waals surface area contributed by atoms with Crippen molar-refractivity contribution in [3.8, 4) is 0 Å². The van der Waals surface area contributed by atoms with E-state index in [1.807, 2.05) is 19.9 Å². The molecule has 0 radical (unpaired) electrons. The Morgan fingerprint density at radius 2 is 1.91 bits per heavy atom. The number of nitrogens with zero attached hydrogens (tertiary/aromatic N) is 1. The van der Waals surface area contributed by atoms with E-state index in [-0.39, 0.29) is 11.9 Å². The van der Waals surface area contributed by atoms with Crippen LogP contribution in [0.5, 0.6) is 0 Å². The molecule has 2 heterocycles. The molecule has 5 nitrogen and oxygen atoms in total. The summed E-state index contributed by atoms with van der Waals surface area (Å²) >= 11 is 1.73. The van der Waals surface area contributed by atoms with Crippen molar-refractivity contribution in [1.82, 2.24) is 9.88 Å². The normalized spacial score (nSPS) is 17.5. The summed E-state index contributed by atoms with van der Waals surface area (Å²) in [4.78, 5) is 24.3. The Kier molecular flexibility index (Phi) is 4.90. The molecule has 0 unspecified atom stereocenters. The fraction of sp³-hybridized carbons (Fsp3) is 0.625. The van der Waals surface area contributed by atoms with Gasteiger partial charge < -0.3 is 15.0 Å². The van der Waals surface area contributed by atoms with Crippen molar-refractivity contribution in [2.45, 2.75) is 52.1 Å². The molecule has 0 atom stereocenters. The second-order valence-corrected chi connectivity index (χ2v) is 7.43. The predicted molar refractivity (Wildman–Crippen MR) is 88.7 cm³/mol. The van der Waals surface area contributed by atoms with E-state index in [1.54, 1.807) is 11.8 Å². The average Bonchev–Trinajstić information content (AvgIpc) is 2.74. The highest BCUT2D eigenvalue weighted by molar-refractivity contribution is 7.99. The lowest BCUT2D eigenvalue weighted by atomic mass is 9.92. The number of carbonyl (C=O) groups excluding carboxylic acids is 1. The topological polar surface area (TPSA) is 71.3 Å². The monoisotopic (exact) mass is 324 g/mol. The number of thioether (sulfide) groups is 1. The van der Waals surface area contributed by atoms with Gasteiger partial charge in [-0.1, -0.05) is 0 Å². The highest BCUT2D eigenvalue weighted by atomic mass is 32.2.